The average Bonchev–Trinajstić information content (AvgIpc) is 2.74. The van der Waals surface area contributed by atoms with E-state index in [9.17, 15) is 9.59 Å². The Bertz CT molecular complexity index is 1000. The van der Waals surface area contributed by atoms with Crippen LogP contribution in [0.25, 0.3) is 6.08 Å². The van der Waals surface area contributed by atoms with Crippen molar-refractivity contribution in [1.82, 2.24) is 0 Å². The molecule has 4 nitrogen and oxygen atoms in total. The number of thiocarbonyl (C=S) groups is 1. The molecule has 3 aromatic rings. The second kappa shape index (κ2) is 7.58. The molecule has 3 aromatic carbocycles. The molecule has 28 heavy (non-hydrogen) atoms. The van der Waals surface area contributed by atoms with Crippen molar-refractivity contribution in [3.8, 4) is 0 Å². The largest absolute Gasteiger partial charge is 0.270 e. The Hall–Kier alpha value is -3.57. The highest BCUT2D eigenvalue weighted by molar-refractivity contribution is 7.81. The minimum Gasteiger partial charge on any atom is -0.268 e. The molecule has 0 saturated carbocycles. The van der Waals surface area contributed by atoms with Gasteiger partial charge in [-0.3, -0.25) is 19.4 Å². The lowest BCUT2D eigenvalue weighted by Gasteiger charge is -2.36. The van der Waals surface area contributed by atoms with Crippen LogP contribution < -0.4 is 9.80 Å². The van der Waals surface area contributed by atoms with E-state index < -0.39 is 11.8 Å². The molecular weight excluding hydrogens is 368 g/mol. The fraction of sp³-hybridized carbons (Fsp3) is 0. The number of benzene rings is 3. The maximum absolute atomic E-state index is 13.3. The quantitative estimate of drug-likeness (QED) is 0.381. The lowest BCUT2D eigenvalue weighted by atomic mass is 10.1. The first-order valence-corrected chi connectivity index (χ1v) is 9.17. The van der Waals surface area contributed by atoms with E-state index >= 15 is 0 Å². The van der Waals surface area contributed by atoms with Crippen molar-refractivity contribution in [2.24, 2.45) is 0 Å². The Balaban J connectivity index is 1.87. The fourth-order valence-corrected chi connectivity index (χ4v) is 3.43. The smallest absolute Gasteiger partial charge is 0.268 e. The SMILES string of the molecule is O=C1C(=Cc2ccccc2)C(=O)N(c2ccccc2)C(=S)N1c1ccccc1. The Morgan fingerprint density at radius 1 is 0.607 bits per heavy atom. The number of nitrogens with zero attached hydrogens (tertiary/aromatic N) is 2. The monoisotopic (exact) mass is 384 g/mol. The summed E-state index contributed by atoms with van der Waals surface area (Å²) in [5, 5.41) is 0.137. The van der Waals surface area contributed by atoms with E-state index in [2.05, 4.69) is 0 Å². The third-order valence-electron chi connectivity index (χ3n) is 4.39. The zero-order valence-corrected chi connectivity index (χ0v) is 15.7. The molecule has 1 aliphatic rings. The summed E-state index contributed by atoms with van der Waals surface area (Å²) in [6.45, 7) is 0. The van der Waals surface area contributed by atoms with Crippen LogP contribution in [0.2, 0.25) is 0 Å². The minimum atomic E-state index is -0.433. The lowest BCUT2D eigenvalue weighted by Crippen LogP contribution is -2.56. The number of para-hydroxylation sites is 2. The van der Waals surface area contributed by atoms with Crippen molar-refractivity contribution in [3.05, 3.63) is 102 Å². The number of anilines is 2. The summed E-state index contributed by atoms with van der Waals surface area (Å²) in [5.41, 5.74) is 2.07. The molecule has 136 valence electrons. The molecule has 0 radical (unpaired) electrons. The van der Waals surface area contributed by atoms with Crippen LogP contribution in [0, 0.1) is 0 Å². The van der Waals surface area contributed by atoms with Gasteiger partial charge in [-0.15, -0.1) is 0 Å². The molecule has 1 fully saturated rings. The summed E-state index contributed by atoms with van der Waals surface area (Å²) in [6.07, 6.45) is 1.61. The zero-order chi connectivity index (χ0) is 19.5. The zero-order valence-electron chi connectivity index (χ0n) is 14.9. The van der Waals surface area contributed by atoms with E-state index in [0.717, 1.165) is 5.56 Å². The normalized spacial score (nSPS) is 14.4. The molecule has 1 aliphatic heterocycles. The van der Waals surface area contributed by atoms with Gasteiger partial charge >= 0.3 is 0 Å². The number of carbonyl (C=O) groups excluding carboxylic acids is 2. The summed E-state index contributed by atoms with van der Waals surface area (Å²) < 4.78 is 0. The molecule has 0 spiro atoms. The van der Waals surface area contributed by atoms with Gasteiger partial charge in [0, 0.05) is 0 Å². The van der Waals surface area contributed by atoms with Gasteiger partial charge in [0.2, 0.25) is 0 Å². The van der Waals surface area contributed by atoms with Gasteiger partial charge in [-0.25, -0.2) is 0 Å². The van der Waals surface area contributed by atoms with Gasteiger partial charge in [0.05, 0.1) is 11.4 Å². The van der Waals surface area contributed by atoms with Gasteiger partial charge in [0.15, 0.2) is 5.11 Å². The van der Waals surface area contributed by atoms with Gasteiger partial charge < -0.3 is 0 Å². The van der Waals surface area contributed by atoms with Gasteiger partial charge in [0.1, 0.15) is 5.57 Å². The van der Waals surface area contributed by atoms with Crippen LogP contribution in [-0.2, 0) is 9.59 Å². The topological polar surface area (TPSA) is 40.6 Å². The van der Waals surface area contributed by atoms with Gasteiger partial charge in [0.25, 0.3) is 11.8 Å². The van der Waals surface area contributed by atoms with E-state index in [1.807, 2.05) is 66.7 Å². The van der Waals surface area contributed by atoms with Crippen LogP contribution in [0.15, 0.2) is 96.6 Å². The molecule has 0 N–H and O–H groups in total. The first kappa shape index (κ1) is 17.8. The molecule has 5 heteroatoms. The van der Waals surface area contributed by atoms with Crippen LogP contribution in [0.1, 0.15) is 5.56 Å². The summed E-state index contributed by atoms with van der Waals surface area (Å²) in [6, 6.07) is 27.5. The molecule has 0 aromatic heterocycles. The molecule has 2 amide bonds. The number of amides is 2. The Labute approximate surface area is 168 Å². The number of carbonyl (C=O) groups is 2. The third kappa shape index (κ3) is 3.23. The average molecular weight is 384 g/mol. The Morgan fingerprint density at radius 3 is 1.43 bits per heavy atom. The molecule has 0 atom stereocenters. The standard InChI is InChI=1S/C23H16N2O2S/c26-21-20(16-17-10-4-1-5-11-17)22(27)25(19-14-8-3-9-15-19)23(28)24(21)18-12-6-2-7-13-18/h1-16H. The van der Waals surface area contributed by atoms with Gasteiger partial charge in [-0.2, -0.15) is 0 Å². The highest BCUT2D eigenvalue weighted by Crippen LogP contribution is 2.29. The predicted molar refractivity (Wildman–Crippen MR) is 115 cm³/mol. The molecular formula is C23H16N2O2S. The molecule has 0 bridgehead atoms. The van der Waals surface area contributed by atoms with Gasteiger partial charge in [-0.05, 0) is 48.1 Å². The van der Waals surface area contributed by atoms with Crippen molar-refractivity contribution in [2.75, 3.05) is 9.80 Å². The highest BCUT2D eigenvalue weighted by atomic mass is 32.1. The Kier molecular flexibility index (Phi) is 4.83. The van der Waals surface area contributed by atoms with Crippen molar-refractivity contribution in [3.63, 3.8) is 0 Å². The molecule has 0 unspecified atom stereocenters. The highest BCUT2D eigenvalue weighted by Gasteiger charge is 2.41. The maximum atomic E-state index is 13.3. The second-order valence-electron chi connectivity index (χ2n) is 6.20. The first-order valence-electron chi connectivity index (χ1n) is 8.76. The predicted octanol–water partition coefficient (Wildman–Crippen LogP) is 4.43. The van der Waals surface area contributed by atoms with E-state index in [1.54, 1.807) is 30.3 Å². The fourth-order valence-electron chi connectivity index (χ4n) is 3.06. The first-order chi connectivity index (χ1) is 13.7. The van der Waals surface area contributed by atoms with Crippen LogP contribution in [0.4, 0.5) is 11.4 Å². The second-order valence-corrected chi connectivity index (χ2v) is 6.57. The molecule has 1 saturated heterocycles. The number of hydrogen-bond donors (Lipinski definition) is 0. The Morgan fingerprint density at radius 2 is 1.00 bits per heavy atom. The van der Waals surface area contributed by atoms with E-state index in [0.29, 0.717) is 11.4 Å². The van der Waals surface area contributed by atoms with Crippen molar-refractivity contribution < 1.29 is 9.59 Å². The summed E-state index contributed by atoms with van der Waals surface area (Å²) in [5.74, 6) is -0.866. The molecule has 0 aliphatic carbocycles. The van der Waals surface area contributed by atoms with Crippen molar-refractivity contribution in [2.45, 2.75) is 0 Å². The van der Waals surface area contributed by atoms with Crippen LogP contribution in [-0.4, -0.2) is 16.9 Å². The van der Waals surface area contributed by atoms with Crippen LogP contribution in [0.3, 0.4) is 0 Å². The maximum Gasteiger partial charge on any atom is 0.270 e. The number of rotatable bonds is 3. The van der Waals surface area contributed by atoms with Gasteiger partial charge in [-0.1, -0.05) is 66.7 Å². The molecule has 4 rings (SSSR count). The van der Waals surface area contributed by atoms with E-state index in [4.69, 9.17) is 12.2 Å². The lowest BCUT2D eigenvalue weighted by molar-refractivity contribution is -0.120. The summed E-state index contributed by atoms with van der Waals surface area (Å²) >= 11 is 5.57. The minimum absolute atomic E-state index is 0.0625. The summed E-state index contributed by atoms with van der Waals surface area (Å²) in [7, 11) is 0. The van der Waals surface area contributed by atoms with Crippen LogP contribution >= 0.6 is 12.2 Å². The third-order valence-corrected chi connectivity index (χ3v) is 4.75. The summed E-state index contributed by atoms with van der Waals surface area (Å²) in [4.78, 5) is 29.3. The van der Waals surface area contributed by atoms with E-state index in [1.165, 1.54) is 9.80 Å². The number of hydrogen-bond acceptors (Lipinski definition) is 3. The van der Waals surface area contributed by atoms with Crippen LogP contribution in [0.5, 0.6) is 0 Å². The molecule has 1 heterocycles. The van der Waals surface area contributed by atoms with E-state index in [-0.39, 0.29) is 10.7 Å². The van der Waals surface area contributed by atoms with Crippen molar-refractivity contribution >= 4 is 46.6 Å². The van der Waals surface area contributed by atoms with Crippen molar-refractivity contribution in [1.29, 1.82) is 0 Å².